The Kier molecular flexibility index (Phi) is 6.38. The second-order valence-corrected chi connectivity index (χ2v) is 5.29. The van der Waals surface area contributed by atoms with Crippen LogP contribution < -0.4 is 10.6 Å². The topological polar surface area (TPSA) is 68.2 Å². The first-order valence-electron chi connectivity index (χ1n) is 7.47. The summed E-state index contributed by atoms with van der Waals surface area (Å²) >= 11 is 0. The van der Waals surface area contributed by atoms with Crippen molar-refractivity contribution in [2.24, 2.45) is 0 Å². The van der Waals surface area contributed by atoms with Gasteiger partial charge in [0, 0.05) is 24.6 Å². The monoisotopic (exact) mass is 314 g/mol. The lowest BCUT2D eigenvalue weighted by atomic mass is 10.2. The second kappa shape index (κ2) is 8.75. The molecule has 122 valence electrons. The molecule has 2 aromatic rings. The molecule has 2 amide bonds. The van der Waals surface area contributed by atoms with Gasteiger partial charge in [-0.3, -0.25) is 4.68 Å². The average Bonchev–Trinajstić information content (AvgIpc) is 3.00. The summed E-state index contributed by atoms with van der Waals surface area (Å²) in [6.45, 7) is 7.73. The maximum Gasteiger partial charge on any atom is 0.319 e. The van der Waals surface area contributed by atoms with Crippen LogP contribution in [0, 0.1) is 0 Å². The van der Waals surface area contributed by atoms with E-state index in [1.54, 1.807) is 6.20 Å². The number of nitrogens with one attached hydrogen (secondary N) is 2. The van der Waals surface area contributed by atoms with Crippen LogP contribution in [-0.4, -0.2) is 35.6 Å². The summed E-state index contributed by atoms with van der Waals surface area (Å²) < 4.78 is 7.15. The Labute approximate surface area is 136 Å². The van der Waals surface area contributed by atoms with Gasteiger partial charge in [0.1, 0.15) is 0 Å². The molecule has 1 heterocycles. The van der Waals surface area contributed by atoms with Gasteiger partial charge in [-0.25, -0.2) is 4.79 Å². The fourth-order valence-corrected chi connectivity index (χ4v) is 1.99. The van der Waals surface area contributed by atoms with Crippen LogP contribution in [0.2, 0.25) is 0 Å². The average molecular weight is 314 g/mol. The third-order valence-electron chi connectivity index (χ3n) is 2.97. The maximum atomic E-state index is 11.8. The molecular formula is C17H22N4O2. The quantitative estimate of drug-likeness (QED) is 0.581. The van der Waals surface area contributed by atoms with Crippen LogP contribution in [0.5, 0.6) is 0 Å². The van der Waals surface area contributed by atoms with Crippen molar-refractivity contribution in [2.45, 2.75) is 13.5 Å². The summed E-state index contributed by atoms with van der Waals surface area (Å²) in [5.41, 5.74) is 2.77. The van der Waals surface area contributed by atoms with Crippen molar-refractivity contribution in [3.05, 3.63) is 60.4 Å². The number of amides is 2. The SMILES string of the molecule is C=C(C)COCCNC(=O)Nc1cccc(Cn2cccn2)c1. The molecule has 0 radical (unpaired) electrons. The molecule has 0 aliphatic rings. The molecule has 23 heavy (non-hydrogen) atoms. The van der Waals surface area contributed by atoms with Crippen LogP contribution in [0.25, 0.3) is 0 Å². The smallest absolute Gasteiger partial charge is 0.319 e. The number of hydrogen-bond donors (Lipinski definition) is 2. The van der Waals surface area contributed by atoms with E-state index in [4.69, 9.17) is 4.74 Å². The lowest BCUT2D eigenvalue weighted by Gasteiger charge is -2.09. The Hall–Kier alpha value is -2.60. The first kappa shape index (κ1) is 16.8. The number of nitrogens with zero attached hydrogens (tertiary/aromatic N) is 2. The first-order valence-corrected chi connectivity index (χ1v) is 7.47. The van der Waals surface area contributed by atoms with Crippen molar-refractivity contribution in [1.29, 1.82) is 0 Å². The van der Waals surface area contributed by atoms with Crippen molar-refractivity contribution < 1.29 is 9.53 Å². The molecule has 0 bridgehead atoms. The number of urea groups is 1. The number of rotatable bonds is 8. The Bertz CT molecular complexity index is 638. The van der Waals surface area contributed by atoms with Gasteiger partial charge in [0.2, 0.25) is 0 Å². The highest BCUT2D eigenvalue weighted by Crippen LogP contribution is 2.11. The maximum absolute atomic E-state index is 11.8. The predicted octanol–water partition coefficient (Wildman–Crippen LogP) is 2.65. The highest BCUT2D eigenvalue weighted by molar-refractivity contribution is 5.89. The van der Waals surface area contributed by atoms with Gasteiger partial charge in [-0.15, -0.1) is 0 Å². The van der Waals surface area contributed by atoms with Gasteiger partial charge in [-0.2, -0.15) is 5.10 Å². The number of ether oxygens (including phenoxy) is 1. The van der Waals surface area contributed by atoms with Gasteiger partial charge in [-0.1, -0.05) is 24.3 Å². The Morgan fingerprint density at radius 2 is 2.26 bits per heavy atom. The standard InChI is InChI=1S/C17H22N4O2/c1-14(2)13-23-10-8-18-17(22)20-16-6-3-5-15(11-16)12-21-9-4-7-19-21/h3-7,9,11H,1,8,10,12-13H2,2H3,(H2,18,20,22). The normalized spacial score (nSPS) is 10.3. The summed E-state index contributed by atoms with van der Waals surface area (Å²) in [4.78, 5) is 11.8. The van der Waals surface area contributed by atoms with E-state index in [-0.39, 0.29) is 6.03 Å². The van der Waals surface area contributed by atoms with E-state index in [1.165, 1.54) is 0 Å². The van der Waals surface area contributed by atoms with E-state index < -0.39 is 0 Å². The Morgan fingerprint density at radius 1 is 1.39 bits per heavy atom. The van der Waals surface area contributed by atoms with E-state index in [9.17, 15) is 4.79 Å². The lowest BCUT2D eigenvalue weighted by molar-refractivity contribution is 0.159. The van der Waals surface area contributed by atoms with Crippen molar-refractivity contribution in [3.8, 4) is 0 Å². The molecule has 6 heteroatoms. The van der Waals surface area contributed by atoms with Gasteiger partial charge < -0.3 is 15.4 Å². The van der Waals surface area contributed by atoms with Crippen molar-refractivity contribution >= 4 is 11.7 Å². The number of anilines is 1. The molecule has 0 saturated carbocycles. The summed E-state index contributed by atoms with van der Waals surface area (Å²) in [6.07, 6.45) is 3.64. The van der Waals surface area contributed by atoms with Crippen LogP contribution in [0.1, 0.15) is 12.5 Å². The molecule has 1 aromatic heterocycles. The van der Waals surface area contributed by atoms with Gasteiger partial charge in [-0.05, 0) is 30.7 Å². The molecule has 1 aromatic carbocycles. The Balaban J connectivity index is 1.76. The molecular weight excluding hydrogens is 292 g/mol. The minimum Gasteiger partial charge on any atom is -0.375 e. The molecule has 0 atom stereocenters. The highest BCUT2D eigenvalue weighted by Gasteiger charge is 2.02. The minimum absolute atomic E-state index is 0.250. The van der Waals surface area contributed by atoms with Crippen molar-refractivity contribution in [2.75, 3.05) is 25.1 Å². The van der Waals surface area contributed by atoms with E-state index in [0.717, 1.165) is 16.8 Å². The molecule has 0 aliphatic carbocycles. The number of benzene rings is 1. The third-order valence-corrected chi connectivity index (χ3v) is 2.97. The third kappa shape index (κ3) is 6.36. The van der Waals surface area contributed by atoms with Crippen LogP contribution in [0.4, 0.5) is 10.5 Å². The fourth-order valence-electron chi connectivity index (χ4n) is 1.99. The number of hydrogen-bond acceptors (Lipinski definition) is 3. The molecule has 0 saturated heterocycles. The largest absolute Gasteiger partial charge is 0.375 e. The van der Waals surface area contributed by atoms with Crippen molar-refractivity contribution in [1.82, 2.24) is 15.1 Å². The molecule has 6 nitrogen and oxygen atoms in total. The van der Waals surface area contributed by atoms with Crippen LogP contribution in [0.15, 0.2) is 54.9 Å². The van der Waals surface area contributed by atoms with Gasteiger partial charge >= 0.3 is 6.03 Å². The molecule has 0 spiro atoms. The number of carbonyl (C=O) groups excluding carboxylic acids is 1. The van der Waals surface area contributed by atoms with Crippen LogP contribution in [0.3, 0.4) is 0 Å². The Morgan fingerprint density at radius 3 is 3.00 bits per heavy atom. The van der Waals surface area contributed by atoms with E-state index >= 15 is 0 Å². The zero-order chi connectivity index (χ0) is 16.5. The molecule has 2 N–H and O–H groups in total. The van der Waals surface area contributed by atoms with Crippen molar-refractivity contribution in [3.63, 3.8) is 0 Å². The van der Waals surface area contributed by atoms with Gasteiger partial charge in [0.05, 0.1) is 19.8 Å². The zero-order valence-electron chi connectivity index (χ0n) is 13.3. The van der Waals surface area contributed by atoms with E-state index in [2.05, 4.69) is 22.3 Å². The summed E-state index contributed by atoms with van der Waals surface area (Å²) in [7, 11) is 0. The highest BCUT2D eigenvalue weighted by atomic mass is 16.5. The summed E-state index contributed by atoms with van der Waals surface area (Å²) in [6, 6.07) is 9.31. The van der Waals surface area contributed by atoms with Crippen LogP contribution in [-0.2, 0) is 11.3 Å². The molecule has 0 unspecified atom stereocenters. The first-order chi connectivity index (χ1) is 11.1. The van der Waals surface area contributed by atoms with E-state index in [0.29, 0.717) is 26.3 Å². The molecule has 0 aliphatic heterocycles. The number of carbonyl (C=O) groups is 1. The predicted molar refractivity (Wildman–Crippen MR) is 90.4 cm³/mol. The zero-order valence-corrected chi connectivity index (χ0v) is 13.3. The fraction of sp³-hybridized carbons (Fsp3) is 0.294. The molecule has 0 fully saturated rings. The summed E-state index contributed by atoms with van der Waals surface area (Å²) in [5, 5.41) is 9.73. The lowest BCUT2D eigenvalue weighted by Crippen LogP contribution is -2.31. The minimum atomic E-state index is -0.250. The second-order valence-electron chi connectivity index (χ2n) is 5.29. The van der Waals surface area contributed by atoms with Gasteiger partial charge in [0.15, 0.2) is 0 Å². The molecule has 2 rings (SSSR count). The van der Waals surface area contributed by atoms with E-state index in [1.807, 2.05) is 48.1 Å². The van der Waals surface area contributed by atoms with Gasteiger partial charge in [0.25, 0.3) is 0 Å². The summed E-state index contributed by atoms with van der Waals surface area (Å²) in [5.74, 6) is 0. The number of aromatic nitrogens is 2. The van der Waals surface area contributed by atoms with Crippen LogP contribution >= 0.6 is 0 Å².